The Morgan fingerprint density at radius 3 is 1.50 bits per heavy atom. The third-order valence-corrected chi connectivity index (χ3v) is 0.806. The van der Waals surface area contributed by atoms with Crippen LogP contribution in [0.3, 0.4) is 0 Å². The van der Waals surface area contributed by atoms with E-state index in [0.717, 1.165) is 5.70 Å². The summed E-state index contributed by atoms with van der Waals surface area (Å²) in [5.74, 6) is -0.0133. The highest BCUT2D eigenvalue weighted by atomic mass is 16.1. The average molecular weight is 173 g/mol. The zero-order valence-corrected chi connectivity index (χ0v) is 9.49. The predicted octanol–water partition coefficient (Wildman–Crippen LogP) is 3.10. The second-order valence-electron chi connectivity index (χ2n) is 1.65. The molecule has 12 heavy (non-hydrogen) atoms. The minimum absolute atomic E-state index is 0.0133. The topological polar surface area (TPSA) is 29.1 Å². The molecule has 0 atom stereocenters. The van der Waals surface area contributed by atoms with Gasteiger partial charge in [-0.3, -0.25) is 4.79 Å². The molecule has 0 heterocycles. The molecule has 0 aliphatic rings. The van der Waals surface area contributed by atoms with Crippen LogP contribution in [0.25, 0.3) is 0 Å². The van der Waals surface area contributed by atoms with Gasteiger partial charge in [-0.2, -0.15) is 0 Å². The third-order valence-electron chi connectivity index (χ3n) is 0.806. The summed E-state index contributed by atoms with van der Waals surface area (Å²) in [6.07, 6.45) is 1.85. The first-order valence-corrected chi connectivity index (χ1v) is 4.57. The van der Waals surface area contributed by atoms with Crippen LogP contribution >= 0.6 is 0 Å². The van der Waals surface area contributed by atoms with Crippen LogP contribution in [0.15, 0.2) is 11.8 Å². The van der Waals surface area contributed by atoms with Gasteiger partial charge in [-0.1, -0.05) is 33.8 Å². The highest BCUT2D eigenvalue weighted by molar-refractivity contribution is 5.74. The third kappa shape index (κ3) is 22.9. The van der Waals surface area contributed by atoms with Crippen molar-refractivity contribution in [3.63, 3.8) is 0 Å². The first-order valence-electron chi connectivity index (χ1n) is 4.57. The zero-order chi connectivity index (χ0) is 10.6. The molecule has 0 saturated carbocycles. The number of allylic oxidation sites excluding steroid dienone is 2. The van der Waals surface area contributed by atoms with E-state index in [1.807, 2.05) is 47.6 Å². The highest BCUT2D eigenvalue weighted by Gasteiger charge is 1.87. The van der Waals surface area contributed by atoms with E-state index in [9.17, 15) is 4.79 Å². The molecule has 0 spiro atoms. The molecule has 0 aliphatic heterocycles. The maximum absolute atomic E-state index is 10.3. The van der Waals surface area contributed by atoms with Gasteiger partial charge in [-0.15, -0.1) is 0 Å². The Hall–Kier alpha value is -0.790. The lowest BCUT2D eigenvalue weighted by Crippen LogP contribution is -2.16. The number of carbonyl (C=O) groups is 1. The number of amides is 1. The maximum Gasteiger partial charge on any atom is 0.220 e. The Morgan fingerprint density at radius 2 is 1.42 bits per heavy atom. The van der Waals surface area contributed by atoms with Gasteiger partial charge in [-0.25, -0.2) is 0 Å². The molecular weight excluding hydrogens is 150 g/mol. The molecule has 0 radical (unpaired) electrons. The van der Waals surface area contributed by atoms with Crippen LogP contribution in [0.4, 0.5) is 0 Å². The van der Waals surface area contributed by atoms with Crippen LogP contribution in [-0.2, 0) is 4.79 Å². The van der Waals surface area contributed by atoms with Crippen LogP contribution in [0, 0.1) is 0 Å². The molecule has 0 aliphatic carbocycles. The van der Waals surface area contributed by atoms with Crippen molar-refractivity contribution in [3.8, 4) is 0 Å². The fourth-order valence-electron chi connectivity index (χ4n) is 0.350. The van der Waals surface area contributed by atoms with Crippen LogP contribution < -0.4 is 5.32 Å². The van der Waals surface area contributed by atoms with Gasteiger partial charge in [0.25, 0.3) is 0 Å². The van der Waals surface area contributed by atoms with Crippen molar-refractivity contribution in [2.45, 2.75) is 48.5 Å². The Kier molecular flexibility index (Phi) is 24.1. The van der Waals surface area contributed by atoms with E-state index < -0.39 is 0 Å². The standard InChI is InChI=1S/C6H11NO.2C2H6/c1-4-5(2)7-6(3)8;2*1-2/h4H,1-3H3,(H,7,8);2*1-2H3/b5-4+;;. The second kappa shape index (κ2) is 16.7. The van der Waals surface area contributed by atoms with Gasteiger partial charge >= 0.3 is 0 Å². The van der Waals surface area contributed by atoms with E-state index >= 15 is 0 Å². The predicted molar refractivity (Wildman–Crippen MR) is 55.9 cm³/mol. The SMILES string of the molecule is C/C=C(\C)NC(C)=O.CC.CC. The van der Waals surface area contributed by atoms with Gasteiger partial charge < -0.3 is 5.32 Å². The molecule has 0 rings (SSSR count). The number of rotatable bonds is 1. The summed E-state index contributed by atoms with van der Waals surface area (Å²) >= 11 is 0. The van der Waals surface area contributed by atoms with Crippen LogP contribution in [0.5, 0.6) is 0 Å². The number of hydrogen-bond acceptors (Lipinski definition) is 1. The summed E-state index contributed by atoms with van der Waals surface area (Å²) in [7, 11) is 0. The van der Waals surface area contributed by atoms with Gasteiger partial charge in [0.2, 0.25) is 5.91 Å². The molecule has 1 amide bonds. The van der Waals surface area contributed by atoms with E-state index in [1.165, 1.54) is 6.92 Å². The smallest absolute Gasteiger partial charge is 0.220 e. The van der Waals surface area contributed by atoms with Gasteiger partial charge in [-0.05, 0) is 13.8 Å². The summed E-state index contributed by atoms with van der Waals surface area (Å²) in [6.45, 7) is 13.2. The van der Waals surface area contributed by atoms with Crippen molar-refractivity contribution in [1.29, 1.82) is 0 Å². The maximum atomic E-state index is 10.3. The van der Waals surface area contributed by atoms with Crippen LogP contribution in [-0.4, -0.2) is 5.91 Å². The molecule has 74 valence electrons. The van der Waals surface area contributed by atoms with Crippen LogP contribution in [0.2, 0.25) is 0 Å². The molecule has 2 nitrogen and oxygen atoms in total. The minimum atomic E-state index is -0.0133. The highest BCUT2D eigenvalue weighted by Crippen LogP contribution is 1.82. The Morgan fingerprint density at radius 1 is 1.08 bits per heavy atom. The molecule has 0 aromatic rings. The van der Waals surface area contributed by atoms with Crippen molar-refractivity contribution >= 4 is 5.91 Å². The molecular formula is C10H23NO. The minimum Gasteiger partial charge on any atom is -0.331 e. The van der Waals surface area contributed by atoms with Gasteiger partial charge in [0, 0.05) is 12.6 Å². The van der Waals surface area contributed by atoms with E-state index in [1.54, 1.807) is 0 Å². The fraction of sp³-hybridized carbons (Fsp3) is 0.700. The summed E-state index contributed by atoms with van der Waals surface area (Å²) in [5, 5.41) is 2.61. The van der Waals surface area contributed by atoms with E-state index in [4.69, 9.17) is 0 Å². The van der Waals surface area contributed by atoms with Gasteiger partial charge in [0.1, 0.15) is 0 Å². The molecule has 0 unspecified atom stereocenters. The molecule has 0 bridgehead atoms. The lowest BCUT2D eigenvalue weighted by molar-refractivity contribution is -0.118. The zero-order valence-electron chi connectivity index (χ0n) is 9.49. The first-order chi connectivity index (χ1) is 5.66. The van der Waals surface area contributed by atoms with Crippen molar-refractivity contribution in [3.05, 3.63) is 11.8 Å². The van der Waals surface area contributed by atoms with E-state index in [-0.39, 0.29) is 5.91 Å². The molecule has 2 heteroatoms. The summed E-state index contributed by atoms with van der Waals surface area (Å²) < 4.78 is 0. The van der Waals surface area contributed by atoms with Gasteiger partial charge in [0.05, 0.1) is 0 Å². The molecule has 0 fully saturated rings. The Bertz CT molecular complexity index is 117. The van der Waals surface area contributed by atoms with E-state index in [0.29, 0.717) is 0 Å². The molecule has 0 aromatic carbocycles. The summed E-state index contributed by atoms with van der Waals surface area (Å²) in [4.78, 5) is 10.3. The van der Waals surface area contributed by atoms with Gasteiger partial charge in [0.15, 0.2) is 0 Å². The lowest BCUT2D eigenvalue weighted by atomic mass is 10.4. The number of hydrogen-bond donors (Lipinski definition) is 1. The first kappa shape index (κ1) is 17.3. The molecule has 0 saturated heterocycles. The summed E-state index contributed by atoms with van der Waals surface area (Å²) in [5.41, 5.74) is 0.900. The largest absolute Gasteiger partial charge is 0.331 e. The molecule has 0 aromatic heterocycles. The fourth-order valence-corrected chi connectivity index (χ4v) is 0.350. The van der Waals surface area contributed by atoms with E-state index in [2.05, 4.69) is 5.32 Å². The second-order valence-corrected chi connectivity index (χ2v) is 1.65. The number of carbonyl (C=O) groups excluding carboxylic acids is 1. The monoisotopic (exact) mass is 173 g/mol. The lowest BCUT2D eigenvalue weighted by Gasteiger charge is -1.96. The quantitative estimate of drug-likeness (QED) is 0.648. The number of nitrogens with one attached hydrogen (secondary N) is 1. The average Bonchev–Trinajstić information content (AvgIpc) is 2.10. The molecule has 1 N–H and O–H groups in total. The Balaban J connectivity index is -0.000000175. The van der Waals surface area contributed by atoms with Crippen molar-refractivity contribution in [1.82, 2.24) is 5.32 Å². The Labute approximate surface area is 77.1 Å². The normalized spacial score (nSPS) is 8.42. The van der Waals surface area contributed by atoms with Crippen LogP contribution in [0.1, 0.15) is 48.5 Å². The summed E-state index contributed by atoms with van der Waals surface area (Å²) in [6, 6.07) is 0. The van der Waals surface area contributed by atoms with Crippen molar-refractivity contribution < 1.29 is 4.79 Å². The van der Waals surface area contributed by atoms with Crippen molar-refractivity contribution in [2.75, 3.05) is 0 Å². The van der Waals surface area contributed by atoms with Crippen molar-refractivity contribution in [2.24, 2.45) is 0 Å².